The zero-order chi connectivity index (χ0) is 22.1. The molecule has 0 aliphatic rings. The molecule has 3 aromatic carbocycles. The summed E-state index contributed by atoms with van der Waals surface area (Å²) in [6, 6.07) is 15.7. The Balaban J connectivity index is 1.56. The number of phenols is 1. The van der Waals surface area contributed by atoms with Crippen LogP contribution < -0.4 is 10.6 Å². The van der Waals surface area contributed by atoms with Gasteiger partial charge in [0.05, 0.1) is 5.56 Å². The number of carbonyl (C=O) groups is 1. The van der Waals surface area contributed by atoms with Crippen LogP contribution in [0.1, 0.15) is 21.5 Å². The number of fused-ring (bicyclic) bond motifs is 1. The van der Waals surface area contributed by atoms with Crippen LogP contribution in [0.25, 0.3) is 22.6 Å². The first-order chi connectivity index (χ1) is 14.8. The molecule has 0 saturated heterocycles. The van der Waals surface area contributed by atoms with Crippen LogP contribution in [0.3, 0.4) is 0 Å². The van der Waals surface area contributed by atoms with Crippen LogP contribution in [0.2, 0.25) is 5.02 Å². The van der Waals surface area contributed by atoms with Gasteiger partial charge < -0.3 is 14.8 Å². The van der Waals surface area contributed by atoms with E-state index in [1.807, 2.05) is 25.1 Å². The molecule has 0 unspecified atom stereocenters. The lowest BCUT2D eigenvalue weighted by molar-refractivity contribution is 0.0977. The summed E-state index contributed by atoms with van der Waals surface area (Å²) in [5.74, 6) is -0.0369. The van der Waals surface area contributed by atoms with Crippen LogP contribution in [0.4, 0.5) is 5.69 Å². The van der Waals surface area contributed by atoms with E-state index in [4.69, 9.17) is 28.2 Å². The van der Waals surface area contributed by atoms with Gasteiger partial charge in [0.15, 0.2) is 10.7 Å². The molecule has 6 nitrogen and oxygen atoms in total. The molecule has 0 aliphatic heterocycles. The lowest BCUT2D eigenvalue weighted by Crippen LogP contribution is -2.34. The number of hydrogen-bond donors (Lipinski definition) is 3. The van der Waals surface area contributed by atoms with E-state index < -0.39 is 0 Å². The first kappa shape index (κ1) is 20.8. The van der Waals surface area contributed by atoms with Gasteiger partial charge >= 0.3 is 0 Å². The molecule has 1 heterocycles. The molecule has 0 aliphatic carbocycles. The number of aromatic nitrogens is 1. The number of oxazole rings is 1. The molecule has 0 radical (unpaired) electrons. The summed E-state index contributed by atoms with van der Waals surface area (Å²) in [7, 11) is 0. The van der Waals surface area contributed by atoms with Crippen LogP contribution in [0.5, 0.6) is 5.75 Å². The predicted molar refractivity (Wildman–Crippen MR) is 126 cm³/mol. The van der Waals surface area contributed by atoms with Gasteiger partial charge in [0.1, 0.15) is 11.3 Å². The second kappa shape index (κ2) is 8.37. The van der Waals surface area contributed by atoms with Gasteiger partial charge in [-0.05, 0) is 73.6 Å². The summed E-state index contributed by atoms with van der Waals surface area (Å²) in [6.07, 6.45) is 0. The third-order valence-electron chi connectivity index (χ3n) is 4.74. The van der Waals surface area contributed by atoms with E-state index in [0.717, 1.165) is 5.56 Å². The van der Waals surface area contributed by atoms with Crippen molar-refractivity contribution >= 4 is 51.6 Å². The molecule has 0 spiro atoms. The van der Waals surface area contributed by atoms with Crippen LogP contribution in [-0.4, -0.2) is 21.1 Å². The Hall–Kier alpha value is -3.42. The number of hydrogen-bond acceptors (Lipinski definition) is 5. The van der Waals surface area contributed by atoms with Crippen LogP contribution in [0, 0.1) is 13.8 Å². The largest absolute Gasteiger partial charge is 0.507 e. The number of para-hydroxylation sites is 2. The minimum atomic E-state index is -0.380. The number of aryl methyl sites for hydroxylation is 2. The Morgan fingerprint density at radius 2 is 1.87 bits per heavy atom. The third-order valence-corrected chi connectivity index (χ3v) is 5.36. The maximum Gasteiger partial charge on any atom is 0.257 e. The quantitative estimate of drug-likeness (QED) is 0.277. The minimum Gasteiger partial charge on any atom is -0.507 e. The highest BCUT2D eigenvalue weighted by molar-refractivity contribution is 7.80. The number of nitrogens with zero attached hydrogens (tertiary/aromatic N) is 1. The standard InChI is InChI=1S/C23H18ClN3O3S/c1-12-7-8-14(10-17(12)24)21(29)27-23(31)25-15-9-13(2)20(28)16(11-15)22-26-18-5-3-4-6-19(18)30-22/h3-11,28H,1-2H3,(H2,25,27,29,31). The molecule has 4 aromatic rings. The molecule has 156 valence electrons. The minimum absolute atomic E-state index is 0.0568. The van der Waals surface area contributed by atoms with Gasteiger partial charge in [-0.2, -0.15) is 0 Å². The number of amides is 1. The highest BCUT2D eigenvalue weighted by Crippen LogP contribution is 2.36. The van der Waals surface area contributed by atoms with E-state index in [-0.39, 0.29) is 22.7 Å². The van der Waals surface area contributed by atoms with E-state index in [1.54, 1.807) is 43.3 Å². The topological polar surface area (TPSA) is 87.4 Å². The Morgan fingerprint density at radius 1 is 1.10 bits per heavy atom. The molecule has 1 amide bonds. The summed E-state index contributed by atoms with van der Waals surface area (Å²) in [4.78, 5) is 16.9. The SMILES string of the molecule is Cc1ccc(C(=O)NC(=S)Nc2cc(C)c(O)c(-c3nc4ccccc4o3)c2)cc1Cl. The number of carbonyl (C=O) groups excluding carboxylic acids is 1. The number of nitrogens with one attached hydrogen (secondary N) is 2. The molecule has 4 rings (SSSR count). The normalized spacial score (nSPS) is 10.8. The molecule has 1 aromatic heterocycles. The summed E-state index contributed by atoms with van der Waals surface area (Å²) in [6.45, 7) is 3.61. The van der Waals surface area contributed by atoms with Crippen molar-refractivity contribution in [2.24, 2.45) is 0 Å². The number of anilines is 1. The number of rotatable bonds is 3. The van der Waals surface area contributed by atoms with Crippen molar-refractivity contribution in [1.82, 2.24) is 10.3 Å². The number of aromatic hydroxyl groups is 1. The molecule has 0 bridgehead atoms. The van der Waals surface area contributed by atoms with Crippen molar-refractivity contribution in [1.29, 1.82) is 0 Å². The lowest BCUT2D eigenvalue weighted by atomic mass is 10.1. The van der Waals surface area contributed by atoms with Crippen molar-refractivity contribution in [2.75, 3.05) is 5.32 Å². The fourth-order valence-corrected chi connectivity index (χ4v) is 3.46. The van der Waals surface area contributed by atoms with Gasteiger partial charge in [0, 0.05) is 16.3 Å². The highest BCUT2D eigenvalue weighted by Gasteiger charge is 2.16. The lowest BCUT2D eigenvalue weighted by Gasteiger charge is -2.13. The van der Waals surface area contributed by atoms with E-state index in [2.05, 4.69) is 15.6 Å². The molecule has 0 saturated carbocycles. The maximum atomic E-state index is 12.5. The molecule has 31 heavy (non-hydrogen) atoms. The second-order valence-corrected chi connectivity index (χ2v) is 7.86. The zero-order valence-electron chi connectivity index (χ0n) is 16.7. The molecular formula is C23H18ClN3O3S. The Labute approximate surface area is 188 Å². The van der Waals surface area contributed by atoms with Gasteiger partial charge in [-0.3, -0.25) is 10.1 Å². The number of phenolic OH excluding ortho intramolecular Hbond substituents is 1. The van der Waals surface area contributed by atoms with Gasteiger partial charge in [0.25, 0.3) is 5.91 Å². The first-order valence-corrected chi connectivity index (χ1v) is 10.2. The fraction of sp³-hybridized carbons (Fsp3) is 0.0870. The fourth-order valence-electron chi connectivity index (χ4n) is 3.07. The summed E-state index contributed by atoms with van der Waals surface area (Å²) in [5.41, 5.74) is 4.17. The van der Waals surface area contributed by atoms with E-state index >= 15 is 0 Å². The molecule has 8 heteroatoms. The molecular weight excluding hydrogens is 434 g/mol. The van der Waals surface area contributed by atoms with Crippen molar-refractivity contribution in [3.8, 4) is 17.2 Å². The number of benzene rings is 3. The summed E-state index contributed by atoms with van der Waals surface area (Å²) < 4.78 is 5.78. The highest BCUT2D eigenvalue weighted by atomic mass is 35.5. The van der Waals surface area contributed by atoms with E-state index in [0.29, 0.717) is 38.5 Å². The molecule has 0 atom stereocenters. The van der Waals surface area contributed by atoms with Crippen LogP contribution in [0.15, 0.2) is 59.0 Å². The second-order valence-electron chi connectivity index (χ2n) is 7.05. The third kappa shape index (κ3) is 4.38. The Kier molecular flexibility index (Phi) is 5.63. The maximum absolute atomic E-state index is 12.5. The molecule has 3 N–H and O–H groups in total. The zero-order valence-corrected chi connectivity index (χ0v) is 18.3. The average molecular weight is 452 g/mol. The smallest absolute Gasteiger partial charge is 0.257 e. The van der Waals surface area contributed by atoms with E-state index in [1.165, 1.54) is 0 Å². The monoisotopic (exact) mass is 451 g/mol. The van der Waals surface area contributed by atoms with Crippen molar-refractivity contribution in [3.05, 3.63) is 76.3 Å². The Bertz CT molecular complexity index is 1300. The van der Waals surface area contributed by atoms with Crippen molar-refractivity contribution < 1.29 is 14.3 Å². The summed E-state index contributed by atoms with van der Waals surface area (Å²) >= 11 is 11.4. The first-order valence-electron chi connectivity index (χ1n) is 9.40. The van der Waals surface area contributed by atoms with Crippen LogP contribution in [-0.2, 0) is 0 Å². The van der Waals surface area contributed by atoms with Crippen molar-refractivity contribution in [3.63, 3.8) is 0 Å². The number of thiocarbonyl (C=S) groups is 1. The predicted octanol–water partition coefficient (Wildman–Crippen LogP) is 5.60. The van der Waals surface area contributed by atoms with Gasteiger partial charge in [-0.25, -0.2) is 4.98 Å². The Morgan fingerprint density at radius 3 is 2.61 bits per heavy atom. The molecule has 0 fully saturated rings. The van der Waals surface area contributed by atoms with Gasteiger partial charge in [0.2, 0.25) is 5.89 Å². The van der Waals surface area contributed by atoms with Gasteiger partial charge in [-0.15, -0.1) is 0 Å². The van der Waals surface area contributed by atoms with E-state index in [9.17, 15) is 9.90 Å². The van der Waals surface area contributed by atoms with Crippen molar-refractivity contribution in [2.45, 2.75) is 13.8 Å². The average Bonchev–Trinajstić information content (AvgIpc) is 3.16. The summed E-state index contributed by atoms with van der Waals surface area (Å²) in [5, 5.41) is 16.7. The van der Waals surface area contributed by atoms with Gasteiger partial charge in [-0.1, -0.05) is 29.8 Å². The number of halogens is 1. The van der Waals surface area contributed by atoms with Crippen LogP contribution >= 0.6 is 23.8 Å².